The van der Waals surface area contributed by atoms with E-state index in [4.69, 9.17) is 15.4 Å². The molecule has 0 N–H and O–H groups in total. The Morgan fingerprint density at radius 1 is 1.25 bits per heavy atom. The second-order valence-corrected chi connectivity index (χ2v) is 7.70. The highest BCUT2D eigenvalue weighted by Gasteiger charge is 2.43. The van der Waals surface area contributed by atoms with Crippen LogP contribution in [0.5, 0.6) is 0 Å². The van der Waals surface area contributed by atoms with Gasteiger partial charge >= 0.3 is 0 Å². The standard InChI is InChI=1S/C13H17ClN2O3S/c14-20(17,18)16-9-12-13(10-16)19-7-6-15(12)8-11-4-2-1-3-5-11/h1-5,12-13H,6-10H2/t12-,13+/m1/s1. The van der Waals surface area contributed by atoms with E-state index in [2.05, 4.69) is 17.0 Å². The van der Waals surface area contributed by atoms with Crippen molar-refractivity contribution in [3.05, 3.63) is 35.9 Å². The van der Waals surface area contributed by atoms with Crippen LogP contribution in [-0.4, -0.2) is 56.0 Å². The minimum absolute atomic E-state index is 0.0810. The van der Waals surface area contributed by atoms with Gasteiger partial charge in [0.05, 0.1) is 18.8 Å². The molecule has 110 valence electrons. The number of hydrogen-bond acceptors (Lipinski definition) is 4. The maximum atomic E-state index is 11.5. The van der Waals surface area contributed by atoms with Gasteiger partial charge in [-0.1, -0.05) is 30.3 Å². The van der Waals surface area contributed by atoms with Crippen molar-refractivity contribution >= 4 is 19.9 Å². The molecule has 0 aromatic heterocycles. The van der Waals surface area contributed by atoms with Gasteiger partial charge in [0.25, 0.3) is 9.24 Å². The van der Waals surface area contributed by atoms with Crippen LogP contribution in [0, 0.1) is 0 Å². The van der Waals surface area contributed by atoms with Crippen molar-refractivity contribution in [3.63, 3.8) is 0 Å². The fraction of sp³-hybridized carbons (Fsp3) is 0.538. The first kappa shape index (κ1) is 14.3. The van der Waals surface area contributed by atoms with Crippen LogP contribution < -0.4 is 0 Å². The molecule has 7 heteroatoms. The van der Waals surface area contributed by atoms with Gasteiger partial charge in [0.2, 0.25) is 0 Å². The molecule has 2 heterocycles. The van der Waals surface area contributed by atoms with Crippen LogP contribution in [0.4, 0.5) is 0 Å². The Hall–Kier alpha value is -0.660. The first-order valence-corrected chi connectivity index (χ1v) is 8.90. The Morgan fingerprint density at radius 2 is 2.00 bits per heavy atom. The van der Waals surface area contributed by atoms with E-state index in [1.165, 1.54) is 9.87 Å². The van der Waals surface area contributed by atoms with Gasteiger partial charge in [0, 0.05) is 36.9 Å². The molecule has 0 radical (unpaired) electrons. The van der Waals surface area contributed by atoms with E-state index >= 15 is 0 Å². The molecular formula is C13H17ClN2O3S. The lowest BCUT2D eigenvalue weighted by Crippen LogP contribution is -2.50. The highest BCUT2D eigenvalue weighted by molar-refractivity contribution is 8.11. The van der Waals surface area contributed by atoms with Gasteiger partial charge in [0.1, 0.15) is 0 Å². The van der Waals surface area contributed by atoms with Gasteiger partial charge in [-0.05, 0) is 5.56 Å². The molecule has 20 heavy (non-hydrogen) atoms. The zero-order valence-corrected chi connectivity index (χ0v) is 12.6. The number of nitrogens with zero attached hydrogens (tertiary/aromatic N) is 2. The van der Waals surface area contributed by atoms with Crippen LogP contribution >= 0.6 is 10.7 Å². The minimum Gasteiger partial charge on any atom is -0.374 e. The maximum absolute atomic E-state index is 11.5. The van der Waals surface area contributed by atoms with Crippen molar-refractivity contribution in [1.29, 1.82) is 0 Å². The molecule has 2 aliphatic heterocycles. The van der Waals surface area contributed by atoms with Gasteiger partial charge in [-0.25, -0.2) is 0 Å². The Kier molecular flexibility index (Phi) is 4.01. The molecule has 0 spiro atoms. The molecular weight excluding hydrogens is 300 g/mol. The Morgan fingerprint density at radius 3 is 2.70 bits per heavy atom. The minimum atomic E-state index is -3.66. The van der Waals surface area contributed by atoms with E-state index in [1.807, 2.05) is 18.2 Å². The Balaban J connectivity index is 1.73. The number of ether oxygens (including phenoxy) is 1. The average Bonchev–Trinajstić information content (AvgIpc) is 2.85. The van der Waals surface area contributed by atoms with Crippen molar-refractivity contribution in [2.75, 3.05) is 26.2 Å². The lowest BCUT2D eigenvalue weighted by atomic mass is 10.1. The fourth-order valence-electron chi connectivity index (χ4n) is 2.92. The summed E-state index contributed by atoms with van der Waals surface area (Å²) in [5, 5.41) is 0. The molecule has 5 nitrogen and oxygen atoms in total. The zero-order valence-electron chi connectivity index (χ0n) is 11.0. The molecule has 2 aliphatic rings. The van der Waals surface area contributed by atoms with E-state index in [0.29, 0.717) is 19.7 Å². The number of benzene rings is 1. The monoisotopic (exact) mass is 316 g/mol. The van der Waals surface area contributed by atoms with Crippen LogP contribution in [0.2, 0.25) is 0 Å². The largest absolute Gasteiger partial charge is 0.374 e. The second kappa shape index (κ2) is 5.61. The smallest absolute Gasteiger partial charge is 0.299 e. The molecule has 0 bridgehead atoms. The molecule has 0 aliphatic carbocycles. The summed E-state index contributed by atoms with van der Waals surface area (Å²) in [5.74, 6) is 0. The topological polar surface area (TPSA) is 49.9 Å². The lowest BCUT2D eigenvalue weighted by Gasteiger charge is -2.36. The van der Waals surface area contributed by atoms with Crippen molar-refractivity contribution in [3.8, 4) is 0 Å². The summed E-state index contributed by atoms with van der Waals surface area (Å²) in [4.78, 5) is 2.28. The summed E-state index contributed by atoms with van der Waals surface area (Å²) in [6.45, 7) is 3.00. The second-order valence-electron chi connectivity index (χ2n) is 5.19. The molecule has 0 amide bonds. The number of fused-ring (bicyclic) bond motifs is 1. The first-order chi connectivity index (χ1) is 9.54. The highest BCUT2D eigenvalue weighted by atomic mass is 35.7. The van der Waals surface area contributed by atoms with Crippen LogP contribution in [0.25, 0.3) is 0 Å². The van der Waals surface area contributed by atoms with Crippen LogP contribution in [-0.2, 0) is 20.5 Å². The lowest BCUT2D eigenvalue weighted by molar-refractivity contribution is -0.0502. The fourth-order valence-corrected chi connectivity index (χ4v) is 3.91. The quantitative estimate of drug-likeness (QED) is 0.782. The van der Waals surface area contributed by atoms with Crippen LogP contribution in [0.15, 0.2) is 30.3 Å². The third kappa shape index (κ3) is 2.99. The molecule has 2 fully saturated rings. The van der Waals surface area contributed by atoms with Gasteiger partial charge in [0.15, 0.2) is 0 Å². The van der Waals surface area contributed by atoms with Gasteiger partial charge < -0.3 is 4.74 Å². The molecule has 2 saturated heterocycles. The molecule has 2 atom stereocenters. The van der Waals surface area contributed by atoms with Crippen molar-refractivity contribution in [2.24, 2.45) is 0 Å². The van der Waals surface area contributed by atoms with E-state index in [9.17, 15) is 8.42 Å². The van der Waals surface area contributed by atoms with Crippen molar-refractivity contribution in [2.45, 2.75) is 18.7 Å². The van der Waals surface area contributed by atoms with E-state index in [1.54, 1.807) is 0 Å². The van der Waals surface area contributed by atoms with Gasteiger partial charge in [-0.2, -0.15) is 12.7 Å². The molecule has 0 unspecified atom stereocenters. The van der Waals surface area contributed by atoms with E-state index in [-0.39, 0.29) is 12.1 Å². The van der Waals surface area contributed by atoms with Gasteiger partial charge in [-0.3, -0.25) is 4.90 Å². The SMILES string of the molecule is O=S(=O)(Cl)N1C[C@@H]2OCCN(Cc3ccccc3)[C@@H]2C1. The highest BCUT2D eigenvalue weighted by Crippen LogP contribution is 2.27. The van der Waals surface area contributed by atoms with Gasteiger partial charge in [-0.15, -0.1) is 0 Å². The third-order valence-corrected chi connectivity index (χ3v) is 5.42. The first-order valence-electron chi connectivity index (χ1n) is 6.63. The Bertz CT molecular complexity index is 566. The predicted molar refractivity (Wildman–Crippen MR) is 76.7 cm³/mol. The van der Waals surface area contributed by atoms with Crippen LogP contribution in [0.1, 0.15) is 5.56 Å². The molecule has 1 aromatic rings. The number of hydrogen-bond donors (Lipinski definition) is 0. The molecule has 0 saturated carbocycles. The molecule has 3 rings (SSSR count). The average molecular weight is 317 g/mol. The summed E-state index contributed by atoms with van der Waals surface area (Å²) < 4.78 is 29.9. The summed E-state index contributed by atoms with van der Waals surface area (Å²) in [6, 6.07) is 10.3. The van der Waals surface area contributed by atoms with Crippen molar-refractivity contribution in [1.82, 2.24) is 9.21 Å². The normalized spacial score (nSPS) is 28.4. The number of rotatable bonds is 3. The summed E-state index contributed by atoms with van der Waals surface area (Å²) in [6.07, 6.45) is -0.0824. The maximum Gasteiger partial charge on any atom is 0.299 e. The van der Waals surface area contributed by atoms with E-state index in [0.717, 1.165) is 13.1 Å². The van der Waals surface area contributed by atoms with Crippen LogP contribution in [0.3, 0.4) is 0 Å². The zero-order chi connectivity index (χ0) is 14.2. The van der Waals surface area contributed by atoms with Crippen molar-refractivity contribution < 1.29 is 13.2 Å². The van der Waals surface area contributed by atoms with E-state index < -0.39 is 9.24 Å². The number of halogens is 1. The third-order valence-electron chi connectivity index (χ3n) is 3.92. The Labute approximate surface area is 123 Å². The summed E-state index contributed by atoms with van der Waals surface area (Å²) >= 11 is 0. The predicted octanol–water partition coefficient (Wildman–Crippen LogP) is 1.06. The molecule has 1 aromatic carbocycles. The number of morpholine rings is 1. The summed E-state index contributed by atoms with van der Waals surface area (Å²) in [5.41, 5.74) is 1.22. The summed E-state index contributed by atoms with van der Waals surface area (Å²) in [7, 11) is 1.78.